The zero-order valence-electron chi connectivity index (χ0n) is 8.11. The molecule has 2 rings (SSSR count). The molecule has 1 heterocycles. The summed E-state index contributed by atoms with van der Waals surface area (Å²) in [5.74, 6) is 4.78. The smallest absolute Gasteiger partial charge is 0.384 e. The number of hydrogen-bond acceptors (Lipinski definition) is 3. The number of furan rings is 1. The van der Waals surface area contributed by atoms with E-state index in [4.69, 9.17) is 4.42 Å². The minimum absolute atomic E-state index is 0.460. The molecule has 0 bridgehead atoms. The quantitative estimate of drug-likeness (QED) is 0.482. The molecule has 2 aromatic rings. The molecule has 0 aliphatic rings. The van der Waals surface area contributed by atoms with E-state index < -0.39 is 5.97 Å². The Morgan fingerprint density at radius 2 is 2.20 bits per heavy atom. The van der Waals surface area contributed by atoms with Crippen LogP contribution in [0.4, 0.5) is 0 Å². The zero-order chi connectivity index (χ0) is 10.7. The van der Waals surface area contributed by atoms with Gasteiger partial charge in [0.1, 0.15) is 5.58 Å². The summed E-state index contributed by atoms with van der Waals surface area (Å²) in [6.45, 7) is 0. The summed E-state index contributed by atoms with van der Waals surface area (Å²) in [6.07, 6.45) is 0. The molecule has 1 aromatic heterocycles. The monoisotopic (exact) mass is 200 g/mol. The van der Waals surface area contributed by atoms with Gasteiger partial charge in [-0.15, -0.1) is 0 Å². The van der Waals surface area contributed by atoms with Gasteiger partial charge in [0.15, 0.2) is 5.76 Å². The number of para-hydroxylation sites is 1. The van der Waals surface area contributed by atoms with E-state index in [2.05, 4.69) is 16.6 Å². The molecule has 0 aliphatic heterocycles. The third-order valence-electron chi connectivity index (χ3n) is 1.90. The number of fused-ring (bicyclic) bond motifs is 1. The summed E-state index contributed by atoms with van der Waals surface area (Å²) in [6, 6.07) is 9.34. The van der Waals surface area contributed by atoms with E-state index in [0.717, 1.165) is 11.0 Å². The molecule has 15 heavy (non-hydrogen) atoms. The number of carbonyl (C=O) groups excluding carboxylic acids is 1. The predicted molar refractivity (Wildman–Crippen MR) is 55.1 cm³/mol. The van der Waals surface area contributed by atoms with Crippen molar-refractivity contribution in [2.24, 2.45) is 0 Å². The Kier molecular flexibility index (Phi) is 2.42. The lowest BCUT2D eigenvalue weighted by atomic mass is 10.2. The fraction of sp³-hybridized carbons (Fsp3) is 0.0833. The Morgan fingerprint density at radius 1 is 1.40 bits per heavy atom. The molecular weight excluding hydrogens is 192 g/mol. The van der Waals surface area contributed by atoms with Crippen LogP contribution in [0, 0.1) is 11.8 Å². The minimum Gasteiger partial charge on any atom is -0.459 e. The molecule has 3 nitrogen and oxygen atoms in total. The van der Waals surface area contributed by atoms with Crippen LogP contribution in [-0.2, 0) is 9.53 Å². The number of benzene rings is 1. The maximum Gasteiger partial charge on any atom is 0.384 e. The zero-order valence-corrected chi connectivity index (χ0v) is 8.11. The molecule has 74 valence electrons. The van der Waals surface area contributed by atoms with Crippen LogP contribution in [0.15, 0.2) is 34.7 Å². The van der Waals surface area contributed by atoms with Crippen LogP contribution in [0.25, 0.3) is 11.0 Å². The van der Waals surface area contributed by atoms with E-state index in [1.807, 2.05) is 24.3 Å². The van der Waals surface area contributed by atoms with E-state index in [1.54, 1.807) is 6.07 Å². The molecule has 0 atom stereocenters. The minimum atomic E-state index is -0.574. The molecular formula is C12H8O3. The standard InChI is InChI=1S/C12H8O3/c1-14-12(13)7-6-10-8-9-4-2-3-5-11(9)15-10/h2-5,8H,1H3. The van der Waals surface area contributed by atoms with Crippen molar-refractivity contribution in [2.75, 3.05) is 7.11 Å². The van der Waals surface area contributed by atoms with Gasteiger partial charge < -0.3 is 9.15 Å². The molecule has 0 saturated carbocycles. The first-order chi connectivity index (χ1) is 7.29. The summed E-state index contributed by atoms with van der Waals surface area (Å²) >= 11 is 0. The van der Waals surface area contributed by atoms with Crippen LogP contribution >= 0.6 is 0 Å². The third kappa shape index (κ3) is 2.00. The van der Waals surface area contributed by atoms with E-state index in [9.17, 15) is 4.79 Å². The van der Waals surface area contributed by atoms with Crippen LogP contribution in [0.1, 0.15) is 5.76 Å². The molecule has 1 aromatic carbocycles. The van der Waals surface area contributed by atoms with Crippen LogP contribution in [0.5, 0.6) is 0 Å². The lowest BCUT2D eigenvalue weighted by molar-refractivity contribution is -0.133. The Hall–Kier alpha value is -2.21. The van der Waals surface area contributed by atoms with Gasteiger partial charge >= 0.3 is 5.97 Å². The van der Waals surface area contributed by atoms with Gasteiger partial charge in [-0.3, -0.25) is 0 Å². The Morgan fingerprint density at radius 3 is 2.93 bits per heavy atom. The van der Waals surface area contributed by atoms with Gasteiger partial charge in [-0.1, -0.05) is 18.2 Å². The molecule has 0 saturated heterocycles. The number of methoxy groups -OCH3 is 1. The predicted octanol–water partition coefficient (Wildman–Crippen LogP) is 1.96. The highest BCUT2D eigenvalue weighted by Gasteiger charge is 1.99. The Labute approximate surface area is 86.6 Å². The number of esters is 1. The third-order valence-corrected chi connectivity index (χ3v) is 1.90. The highest BCUT2D eigenvalue weighted by atomic mass is 16.5. The SMILES string of the molecule is COC(=O)C#Cc1cc2ccccc2o1. The molecule has 0 spiro atoms. The Balaban J connectivity index is 2.36. The lowest BCUT2D eigenvalue weighted by Gasteiger charge is -1.83. The Bertz CT molecular complexity index is 522. The van der Waals surface area contributed by atoms with E-state index >= 15 is 0 Å². The van der Waals surface area contributed by atoms with E-state index in [1.165, 1.54) is 7.11 Å². The second-order valence-corrected chi connectivity index (χ2v) is 2.89. The van der Waals surface area contributed by atoms with Crippen LogP contribution in [0.3, 0.4) is 0 Å². The topological polar surface area (TPSA) is 39.4 Å². The van der Waals surface area contributed by atoms with Crippen molar-refractivity contribution in [1.82, 2.24) is 0 Å². The van der Waals surface area contributed by atoms with Gasteiger partial charge in [0.2, 0.25) is 0 Å². The first-order valence-corrected chi connectivity index (χ1v) is 4.38. The van der Waals surface area contributed by atoms with Crippen molar-refractivity contribution in [3.8, 4) is 11.8 Å². The number of carbonyl (C=O) groups is 1. The normalized spacial score (nSPS) is 9.40. The van der Waals surface area contributed by atoms with Crippen LogP contribution in [0.2, 0.25) is 0 Å². The second-order valence-electron chi connectivity index (χ2n) is 2.89. The molecule has 0 radical (unpaired) electrons. The van der Waals surface area contributed by atoms with E-state index in [0.29, 0.717) is 5.76 Å². The van der Waals surface area contributed by atoms with Gasteiger partial charge in [-0.2, -0.15) is 0 Å². The maximum atomic E-state index is 10.8. The van der Waals surface area contributed by atoms with Gasteiger partial charge in [-0.25, -0.2) is 4.79 Å². The van der Waals surface area contributed by atoms with Crippen LogP contribution < -0.4 is 0 Å². The summed E-state index contributed by atoms with van der Waals surface area (Å²) in [4.78, 5) is 10.8. The van der Waals surface area contributed by atoms with Crippen molar-refractivity contribution < 1.29 is 13.9 Å². The van der Waals surface area contributed by atoms with Crippen molar-refractivity contribution in [3.05, 3.63) is 36.1 Å². The fourth-order valence-electron chi connectivity index (χ4n) is 1.21. The number of ether oxygens (including phenoxy) is 1. The summed E-state index contributed by atoms with van der Waals surface area (Å²) < 4.78 is 9.77. The largest absolute Gasteiger partial charge is 0.459 e. The number of hydrogen-bond donors (Lipinski definition) is 0. The number of rotatable bonds is 0. The molecule has 0 N–H and O–H groups in total. The first kappa shape index (κ1) is 9.35. The van der Waals surface area contributed by atoms with Gasteiger partial charge in [0.25, 0.3) is 0 Å². The van der Waals surface area contributed by atoms with Crippen molar-refractivity contribution in [1.29, 1.82) is 0 Å². The first-order valence-electron chi connectivity index (χ1n) is 4.38. The van der Waals surface area contributed by atoms with Crippen molar-refractivity contribution in [2.45, 2.75) is 0 Å². The fourth-order valence-corrected chi connectivity index (χ4v) is 1.21. The van der Waals surface area contributed by atoms with Gasteiger partial charge in [-0.05, 0) is 12.0 Å². The molecule has 0 amide bonds. The highest BCUT2D eigenvalue weighted by molar-refractivity contribution is 5.89. The lowest BCUT2D eigenvalue weighted by Crippen LogP contribution is -1.94. The second kappa shape index (κ2) is 3.89. The summed E-state index contributed by atoms with van der Waals surface area (Å²) in [5, 5.41) is 0.965. The van der Waals surface area contributed by atoms with Crippen molar-refractivity contribution in [3.63, 3.8) is 0 Å². The van der Waals surface area contributed by atoms with Crippen LogP contribution in [-0.4, -0.2) is 13.1 Å². The van der Waals surface area contributed by atoms with Gasteiger partial charge in [0, 0.05) is 17.4 Å². The molecule has 0 unspecified atom stereocenters. The van der Waals surface area contributed by atoms with Crippen molar-refractivity contribution >= 4 is 16.9 Å². The van der Waals surface area contributed by atoms with Gasteiger partial charge in [0.05, 0.1) is 7.11 Å². The maximum absolute atomic E-state index is 10.8. The summed E-state index contributed by atoms with van der Waals surface area (Å²) in [7, 11) is 1.29. The average molecular weight is 200 g/mol. The molecule has 3 heteroatoms. The molecule has 0 aliphatic carbocycles. The highest BCUT2D eigenvalue weighted by Crippen LogP contribution is 2.17. The van der Waals surface area contributed by atoms with E-state index in [-0.39, 0.29) is 0 Å². The average Bonchev–Trinajstić information content (AvgIpc) is 2.68. The molecule has 0 fully saturated rings. The summed E-state index contributed by atoms with van der Waals surface area (Å²) in [5.41, 5.74) is 0.756.